The molecule has 0 bridgehead atoms. The zero-order valence-electron chi connectivity index (χ0n) is 18.2. The van der Waals surface area contributed by atoms with E-state index >= 15 is 0 Å². The number of nitrogen functional groups attached to an aromatic ring is 1. The molecule has 0 aliphatic carbocycles. The van der Waals surface area contributed by atoms with Crippen LogP contribution in [0.25, 0.3) is 10.2 Å². The maximum atomic E-state index is 12.9. The normalized spacial score (nSPS) is 20.1. The van der Waals surface area contributed by atoms with Crippen LogP contribution in [0.15, 0.2) is 30.3 Å². The number of aromatic nitrogens is 1. The van der Waals surface area contributed by atoms with Crippen molar-refractivity contribution in [3.63, 3.8) is 0 Å². The number of nitrogens with one attached hydrogen (secondary N) is 1. The SMILES string of the molecule is CC(=O)[C@@H]1CCN(c2ccc3c(c2)OC[C@H](NC(=O)c2sc4nc(C)ccc4c2N)C3)C1. The van der Waals surface area contributed by atoms with Gasteiger partial charge in [-0.1, -0.05) is 6.07 Å². The van der Waals surface area contributed by atoms with Crippen LogP contribution in [0.1, 0.15) is 34.3 Å². The maximum Gasteiger partial charge on any atom is 0.263 e. The van der Waals surface area contributed by atoms with E-state index < -0.39 is 0 Å². The highest BCUT2D eigenvalue weighted by atomic mass is 32.1. The first-order valence-electron chi connectivity index (χ1n) is 10.9. The second-order valence-corrected chi connectivity index (χ2v) is 9.67. The van der Waals surface area contributed by atoms with Crippen molar-refractivity contribution in [3.8, 4) is 5.75 Å². The van der Waals surface area contributed by atoms with E-state index in [2.05, 4.69) is 27.3 Å². The van der Waals surface area contributed by atoms with Crippen molar-refractivity contribution in [2.24, 2.45) is 5.92 Å². The monoisotopic (exact) mass is 450 g/mol. The Balaban J connectivity index is 1.27. The summed E-state index contributed by atoms with van der Waals surface area (Å²) in [5.41, 5.74) is 9.75. The first-order valence-corrected chi connectivity index (χ1v) is 11.7. The van der Waals surface area contributed by atoms with E-state index in [0.29, 0.717) is 23.6 Å². The molecule has 8 heteroatoms. The van der Waals surface area contributed by atoms with Crippen molar-refractivity contribution < 1.29 is 14.3 Å². The van der Waals surface area contributed by atoms with Crippen LogP contribution in [-0.4, -0.2) is 42.4 Å². The summed E-state index contributed by atoms with van der Waals surface area (Å²) in [5, 5.41) is 3.89. The van der Waals surface area contributed by atoms with Gasteiger partial charge in [0.15, 0.2) is 0 Å². The quantitative estimate of drug-likeness (QED) is 0.633. The molecule has 1 saturated heterocycles. The number of thiophene rings is 1. The third kappa shape index (κ3) is 3.79. The molecule has 2 aliphatic rings. The van der Waals surface area contributed by atoms with Crippen LogP contribution in [0.2, 0.25) is 0 Å². The minimum absolute atomic E-state index is 0.118. The number of ketones is 1. The molecule has 0 saturated carbocycles. The average molecular weight is 451 g/mol. The minimum atomic E-state index is -0.191. The molecule has 1 aromatic carbocycles. The predicted molar refractivity (Wildman–Crippen MR) is 127 cm³/mol. The molecule has 32 heavy (non-hydrogen) atoms. The van der Waals surface area contributed by atoms with Crippen molar-refractivity contribution in [2.75, 3.05) is 30.3 Å². The number of carbonyl (C=O) groups is 2. The second kappa shape index (κ2) is 8.09. The molecule has 1 amide bonds. The number of benzene rings is 1. The van der Waals surface area contributed by atoms with Crippen LogP contribution in [0.4, 0.5) is 11.4 Å². The molecule has 2 atom stereocenters. The summed E-state index contributed by atoms with van der Waals surface area (Å²) in [5.74, 6) is 1.03. The van der Waals surface area contributed by atoms with Crippen molar-refractivity contribution in [2.45, 2.75) is 32.7 Å². The number of ether oxygens (including phenoxy) is 1. The molecular weight excluding hydrogens is 424 g/mol. The van der Waals surface area contributed by atoms with Gasteiger partial charge in [-0.3, -0.25) is 9.59 Å². The van der Waals surface area contributed by atoms with Gasteiger partial charge in [-0.05, 0) is 50.5 Å². The number of fused-ring (bicyclic) bond motifs is 2. The Bertz CT molecular complexity index is 1220. The van der Waals surface area contributed by atoms with Crippen molar-refractivity contribution in [3.05, 3.63) is 46.5 Å². The molecule has 2 aliphatic heterocycles. The lowest BCUT2D eigenvalue weighted by Crippen LogP contribution is -2.42. The molecule has 7 nitrogen and oxygen atoms in total. The van der Waals surface area contributed by atoms with Crippen LogP contribution in [0.5, 0.6) is 5.75 Å². The topological polar surface area (TPSA) is 97.5 Å². The van der Waals surface area contributed by atoms with Crippen LogP contribution >= 0.6 is 11.3 Å². The van der Waals surface area contributed by atoms with Gasteiger partial charge in [0.05, 0.1) is 11.7 Å². The van der Waals surface area contributed by atoms with E-state index in [9.17, 15) is 9.59 Å². The Morgan fingerprint density at radius 2 is 2.12 bits per heavy atom. The number of amides is 1. The molecule has 166 valence electrons. The van der Waals surface area contributed by atoms with E-state index in [-0.39, 0.29) is 23.7 Å². The first kappa shape index (κ1) is 20.8. The van der Waals surface area contributed by atoms with Gasteiger partial charge in [0.25, 0.3) is 5.91 Å². The number of anilines is 2. The summed E-state index contributed by atoms with van der Waals surface area (Å²) in [6.45, 7) is 5.64. The first-order chi connectivity index (χ1) is 15.4. The van der Waals surface area contributed by atoms with Gasteiger partial charge in [-0.15, -0.1) is 11.3 Å². The third-order valence-electron chi connectivity index (χ3n) is 6.36. The fourth-order valence-electron chi connectivity index (χ4n) is 4.49. The Morgan fingerprint density at radius 3 is 2.91 bits per heavy atom. The van der Waals surface area contributed by atoms with Crippen molar-refractivity contribution in [1.82, 2.24) is 10.3 Å². The van der Waals surface area contributed by atoms with E-state index in [0.717, 1.165) is 52.4 Å². The average Bonchev–Trinajstić information content (AvgIpc) is 3.39. The zero-order chi connectivity index (χ0) is 22.4. The number of rotatable bonds is 4. The lowest BCUT2D eigenvalue weighted by Gasteiger charge is -2.28. The highest BCUT2D eigenvalue weighted by Crippen LogP contribution is 2.34. The molecule has 2 aromatic heterocycles. The molecular formula is C24H26N4O3S. The van der Waals surface area contributed by atoms with Crippen molar-refractivity contribution in [1.29, 1.82) is 0 Å². The summed E-state index contributed by atoms with van der Waals surface area (Å²) < 4.78 is 6.00. The molecule has 3 aromatic rings. The molecule has 1 fully saturated rings. The highest BCUT2D eigenvalue weighted by molar-refractivity contribution is 7.21. The molecule has 0 spiro atoms. The number of nitrogens with zero attached hydrogens (tertiary/aromatic N) is 2. The summed E-state index contributed by atoms with van der Waals surface area (Å²) in [6, 6.07) is 9.87. The number of pyridine rings is 1. The van der Waals surface area contributed by atoms with E-state index in [1.807, 2.05) is 25.1 Å². The van der Waals surface area contributed by atoms with Crippen LogP contribution in [0.3, 0.4) is 0 Å². The van der Waals surface area contributed by atoms with Gasteiger partial charge in [-0.25, -0.2) is 4.98 Å². The summed E-state index contributed by atoms with van der Waals surface area (Å²) in [6.07, 6.45) is 1.59. The van der Waals surface area contributed by atoms with Gasteiger partial charge in [0.1, 0.15) is 27.8 Å². The van der Waals surface area contributed by atoms with Crippen molar-refractivity contribution >= 4 is 44.6 Å². The van der Waals surface area contributed by atoms with Gasteiger partial charge in [-0.2, -0.15) is 0 Å². The van der Waals surface area contributed by atoms with Crippen LogP contribution < -0.4 is 20.7 Å². The van der Waals surface area contributed by atoms with Gasteiger partial charge in [0.2, 0.25) is 0 Å². The lowest BCUT2D eigenvalue weighted by molar-refractivity contribution is -0.120. The molecule has 5 rings (SSSR count). The smallest absolute Gasteiger partial charge is 0.263 e. The Morgan fingerprint density at radius 1 is 1.28 bits per heavy atom. The van der Waals surface area contributed by atoms with Gasteiger partial charge >= 0.3 is 0 Å². The van der Waals surface area contributed by atoms with Crippen LogP contribution in [0, 0.1) is 12.8 Å². The van der Waals surface area contributed by atoms with E-state index in [4.69, 9.17) is 10.5 Å². The lowest BCUT2D eigenvalue weighted by atomic mass is 10.0. The minimum Gasteiger partial charge on any atom is -0.491 e. The second-order valence-electron chi connectivity index (χ2n) is 8.67. The Hall–Kier alpha value is -3.13. The molecule has 0 radical (unpaired) electrons. The summed E-state index contributed by atoms with van der Waals surface area (Å²) in [7, 11) is 0. The standard InChI is InChI=1S/C24H26N4O3S/c1-13-3-6-19-21(25)22(32-24(19)26-13)23(30)27-17-9-15-4-5-18(10-20(15)31-12-17)28-8-7-16(11-28)14(2)29/h3-6,10,16-17H,7-9,11-12,25H2,1-2H3,(H,27,30)/t16-,17-/m1/s1. The Labute approximate surface area is 190 Å². The van der Waals surface area contributed by atoms with Gasteiger partial charge < -0.3 is 20.7 Å². The largest absolute Gasteiger partial charge is 0.491 e. The van der Waals surface area contributed by atoms with E-state index in [1.165, 1.54) is 11.3 Å². The zero-order valence-corrected chi connectivity index (χ0v) is 19.0. The molecule has 3 N–H and O–H groups in total. The summed E-state index contributed by atoms with van der Waals surface area (Å²) >= 11 is 1.32. The fourth-order valence-corrected chi connectivity index (χ4v) is 5.53. The molecule has 0 unspecified atom stereocenters. The number of hydrogen-bond acceptors (Lipinski definition) is 7. The van der Waals surface area contributed by atoms with Crippen LogP contribution in [-0.2, 0) is 11.2 Å². The van der Waals surface area contributed by atoms with Gasteiger partial charge in [0, 0.05) is 41.8 Å². The Kier molecular flexibility index (Phi) is 5.25. The maximum absolute atomic E-state index is 12.9. The highest BCUT2D eigenvalue weighted by Gasteiger charge is 2.28. The number of nitrogens with two attached hydrogens (primary N) is 1. The van der Waals surface area contributed by atoms with E-state index in [1.54, 1.807) is 6.92 Å². The predicted octanol–water partition coefficient (Wildman–Crippen LogP) is 3.34. The number of carbonyl (C=O) groups excluding carboxylic acids is 2. The number of Topliss-reactive ketones (excluding diaryl/α,β-unsaturated/α-hetero) is 1. The number of hydrogen-bond donors (Lipinski definition) is 2. The molecule has 4 heterocycles. The third-order valence-corrected chi connectivity index (χ3v) is 7.47. The number of aryl methyl sites for hydroxylation is 1. The summed E-state index contributed by atoms with van der Waals surface area (Å²) in [4.78, 5) is 32.6. The fraction of sp³-hybridized carbons (Fsp3) is 0.375.